The van der Waals surface area contributed by atoms with Crippen LogP contribution in [0.5, 0.6) is 0 Å². The first-order chi connectivity index (χ1) is 8.52. The molecule has 0 amide bonds. The van der Waals surface area contributed by atoms with E-state index in [2.05, 4.69) is 21.0 Å². The van der Waals surface area contributed by atoms with E-state index in [0.717, 1.165) is 5.56 Å². The fraction of sp³-hybridized carbons (Fsp3) is 0.167. The Labute approximate surface area is 112 Å². The molecule has 2 N–H and O–H groups in total. The van der Waals surface area contributed by atoms with Crippen LogP contribution in [0.1, 0.15) is 16.8 Å². The Morgan fingerprint density at radius 2 is 2.28 bits per heavy atom. The van der Waals surface area contributed by atoms with Crippen molar-refractivity contribution in [3.8, 4) is 6.07 Å². The summed E-state index contributed by atoms with van der Waals surface area (Å²) in [6.07, 6.45) is 0. The number of hydrogen-bond acceptors (Lipinski definition) is 3. The van der Waals surface area contributed by atoms with Crippen LogP contribution in [0.2, 0.25) is 0 Å². The molecule has 6 heteroatoms. The average Bonchev–Trinajstić information content (AvgIpc) is 2.59. The maximum Gasteiger partial charge on any atom is 0.140 e. The average molecular weight is 309 g/mol. The van der Waals surface area contributed by atoms with Gasteiger partial charge < -0.3 is 5.73 Å². The van der Waals surface area contributed by atoms with Crippen LogP contribution in [0.3, 0.4) is 0 Å². The zero-order valence-corrected chi connectivity index (χ0v) is 11.2. The number of aromatic nitrogens is 2. The van der Waals surface area contributed by atoms with E-state index in [1.54, 1.807) is 19.1 Å². The number of rotatable bonds is 2. The van der Waals surface area contributed by atoms with Crippen molar-refractivity contribution in [2.45, 2.75) is 13.5 Å². The number of nitrogens with two attached hydrogens (primary N) is 1. The summed E-state index contributed by atoms with van der Waals surface area (Å²) in [7, 11) is 0. The van der Waals surface area contributed by atoms with Gasteiger partial charge in [0.2, 0.25) is 0 Å². The largest absolute Gasteiger partial charge is 0.383 e. The van der Waals surface area contributed by atoms with E-state index in [0.29, 0.717) is 28.1 Å². The summed E-state index contributed by atoms with van der Waals surface area (Å²) in [6.45, 7) is 2.12. The molecule has 2 rings (SSSR count). The van der Waals surface area contributed by atoms with E-state index in [-0.39, 0.29) is 5.82 Å². The fourth-order valence-electron chi connectivity index (χ4n) is 1.67. The highest BCUT2D eigenvalue weighted by molar-refractivity contribution is 9.10. The molecule has 0 saturated heterocycles. The zero-order valence-electron chi connectivity index (χ0n) is 9.61. The van der Waals surface area contributed by atoms with Crippen molar-refractivity contribution < 1.29 is 4.39 Å². The third kappa shape index (κ3) is 2.22. The van der Waals surface area contributed by atoms with Crippen LogP contribution < -0.4 is 5.73 Å². The van der Waals surface area contributed by atoms with E-state index in [9.17, 15) is 4.39 Å². The van der Waals surface area contributed by atoms with Crippen LogP contribution in [0.25, 0.3) is 0 Å². The molecule has 2 aromatic rings. The predicted molar refractivity (Wildman–Crippen MR) is 69.3 cm³/mol. The van der Waals surface area contributed by atoms with Crippen LogP contribution >= 0.6 is 15.9 Å². The summed E-state index contributed by atoms with van der Waals surface area (Å²) < 4.78 is 15.0. The Hall–Kier alpha value is -1.87. The minimum atomic E-state index is -0.318. The molecule has 0 aliphatic carbocycles. The van der Waals surface area contributed by atoms with Gasteiger partial charge >= 0.3 is 0 Å². The molecule has 0 saturated carbocycles. The van der Waals surface area contributed by atoms with Gasteiger partial charge in [0.25, 0.3) is 0 Å². The normalized spacial score (nSPS) is 10.3. The van der Waals surface area contributed by atoms with Crippen molar-refractivity contribution in [1.82, 2.24) is 9.78 Å². The summed E-state index contributed by atoms with van der Waals surface area (Å²) in [5.74, 6) is 0.0107. The summed E-state index contributed by atoms with van der Waals surface area (Å²) in [5.41, 5.74) is 7.65. The minimum Gasteiger partial charge on any atom is -0.383 e. The second-order valence-corrected chi connectivity index (χ2v) is 4.72. The van der Waals surface area contributed by atoms with Crippen LogP contribution in [-0.2, 0) is 6.54 Å². The molecule has 0 bridgehead atoms. The fourth-order valence-corrected chi connectivity index (χ4v) is 2.10. The number of nitrogens with zero attached hydrogens (tertiary/aromatic N) is 3. The molecular formula is C12H10BrFN4. The Morgan fingerprint density at radius 1 is 1.56 bits per heavy atom. The van der Waals surface area contributed by atoms with Gasteiger partial charge in [-0.1, -0.05) is 6.07 Å². The van der Waals surface area contributed by atoms with Crippen molar-refractivity contribution in [1.29, 1.82) is 5.26 Å². The molecule has 0 aliphatic rings. The number of hydrogen-bond donors (Lipinski definition) is 1. The lowest BCUT2D eigenvalue weighted by molar-refractivity contribution is 0.618. The van der Waals surface area contributed by atoms with E-state index < -0.39 is 0 Å². The van der Waals surface area contributed by atoms with Gasteiger partial charge in [-0.3, -0.25) is 0 Å². The first kappa shape index (κ1) is 12.6. The molecule has 4 nitrogen and oxygen atoms in total. The topological polar surface area (TPSA) is 67.6 Å². The van der Waals surface area contributed by atoms with Gasteiger partial charge in [-0.25, -0.2) is 9.07 Å². The highest BCUT2D eigenvalue weighted by atomic mass is 79.9. The van der Waals surface area contributed by atoms with Gasteiger partial charge in [0.05, 0.1) is 16.7 Å². The van der Waals surface area contributed by atoms with Crippen molar-refractivity contribution in [2.24, 2.45) is 0 Å². The maximum atomic E-state index is 13.1. The van der Waals surface area contributed by atoms with Gasteiger partial charge in [-0.15, -0.1) is 0 Å². The van der Waals surface area contributed by atoms with Gasteiger partial charge in [0, 0.05) is 0 Å². The molecule has 0 fully saturated rings. The van der Waals surface area contributed by atoms with Gasteiger partial charge in [0.1, 0.15) is 23.3 Å². The Morgan fingerprint density at radius 3 is 2.83 bits per heavy atom. The predicted octanol–water partition coefficient (Wildman–Crippen LogP) is 2.60. The molecule has 0 radical (unpaired) electrons. The third-order valence-corrected chi connectivity index (χ3v) is 3.20. The summed E-state index contributed by atoms with van der Waals surface area (Å²) in [5, 5.41) is 13.1. The first-order valence-corrected chi connectivity index (χ1v) is 5.99. The SMILES string of the molecule is Cc1nn(Cc2ccc(F)c(Br)c2)c(N)c1C#N. The Bertz CT molecular complexity index is 642. The molecule has 92 valence electrons. The van der Waals surface area contributed by atoms with E-state index >= 15 is 0 Å². The lowest BCUT2D eigenvalue weighted by Gasteiger charge is -2.05. The maximum absolute atomic E-state index is 13.1. The first-order valence-electron chi connectivity index (χ1n) is 5.20. The second-order valence-electron chi connectivity index (χ2n) is 3.86. The van der Waals surface area contributed by atoms with Gasteiger partial charge in [-0.05, 0) is 40.5 Å². The van der Waals surface area contributed by atoms with E-state index in [1.165, 1.54) is 10.7 Å². The molecule has 0 aliphatic heterocycles. The summed E-state index contributed by atoms with van der Waals surface area (Å²) in [4.78, 5) is 0. The lowest BCUT2D eigenvalue weighted by Crippen LogP contribution is -2.06. The molecule has 18 heavy (non-hydrogen) atoms. The molecule has 1 aromatic heterocycles. The smallest absolute Gasteiger partial charge is 0.140 e. The number of nitrogen functional groups attached to an aromatic ring is 1. The van der Waals surface area contributed by atoms with Crippen LogP contribution in [0, 0.1) is 24.1 Å². The highest BCUT2D eigenvalue weighted by Crippen LogP contribution is 2.20. The molecule has 0 atom stereocenters. The Kier molecular flexibility index (Phi) is 3.34. The number of aryl methyl sites for hydroxylation is 1. The number of nitriles is 1. The van der Waals surface area contributed by atoms with Crippen molar-refractivity contribution in [3.63, 3.8) is 0 Å². The quantitative estimate of drug-likeness (QED) is 0.927. The van der Waals surface area contributed by atoms with E-state index in [1.807, 2.05) is 6.07 Å². The molecule has 0 unspecified atom stereocenters. The number of anilines is 1. The third-order valence-electron chi connectivity index (χ3n) is 2.59. The molecule has 1 heterocycles. The zero-order chi connectivity index (χ0) is 13.3. The standard InChI is InChI=1S/C12H10BrFN4/c1-7-9(5-15)12(16)18(17-7)6-8-2-3-11(14)10(13)4-8/h2-4H,6,16H2,1H3. The van der Waals surface area contributed by atoms with Crippen LogP contribution in [0.4, 0.5) is 10.2 Å². The summed E-state index contributed by atoms with van der Waals surface area (Å²) >= 11 is 3.12. The summed E-state index contributed by atoms with van der Waals surface area (Å²) in [6, 6.07) is 6.70. The van der Waals surface area contributed by atoms with Gasteiger partial charge in [0.15, 0.2) is 0 Å². The second kappa shape index (κ2) is 4.78. The molecule has 0 spiro atoms. The van der Waals surface area contributed by atoms with Crippen molar-refractivity contribution in [2.75, 3.05) is 5.73 Å². The lowest BCUT2D eigenvalue weighted by atomic mass is 10.2. The van der Waals surface area contributed by atoms with Crippen molar-refractivity contribution >= 4 is 21.7 Å². The highest BCUT2D eigenvalue weighted by Gasteiger charge is 2.12. The number of benzene rings is 1. The minimum absolute atomic E-state index is 0.318. The molecule has 1 aromatic carbocycles. The molecular weight excluding hydrogens is 299 g/mol. The Balaban J connectivity index is 2.35. The van der Waals surface area contributed by atoms with Crippen molar-refractivity contribution in [3.05, 3.63) is 45.3 Å². The van der Waals surface area contributed by atoms with E-state index in [4.69, 9.17) is 11.0 Å². The van der Waals surface area contributed by atoms with Crippen LogP contribution in [-0.4, -0.2) is 9.78 Å². The van der Waals surface area contributed by atoms with Gasteiger partial charge in [-0.2, -0.15) is 10.4 Å². The van der Waals surface area contributed by atoms with Crippen LogP contribution in [0.15, 0.2) is 22.7 Å². The monoisotopic (exact) mass is 308 g/mol. The number of halogens is 2.